The molecule has 1 aromatic rings. The third-order valence-corrected chi connectivity index (χ3v) is 3.37. The molecule has 0 unspecified atom stereocenters. The van der Waals surface area contributed by atoms with Gasteiger partial charge in [0.2, 0.25) is 5.91 Å². The fraction of sp³-hybridized carbons (Fsp3) is 0.389. The first-order valence-corrected chi connectivity index (χ1v) is 8.90. The van der Waals surface area contributed by atoms with E-state index in [-0.39, 0.29) is 25.0 Å². The molecule has 0 aliphatic heterocycles. The van der Waals surface area contributed by atoms with Crippen LogP contribution in [0.5, 0.6) is 0 Å². The molecule has 0 fully saturated rings. The molecule has 11 nitrogen and oxygen atoms in total. The monoisotopic (exact) mass is 464 g/mol. The Bertz CT molecular complexity index is 799. The minimum Gasteiger partial charge on any atom is -0.480 e. The van der Waals surface area contributed by atoms with Crippen molar-refractivity contribution in [2.75, 3.05) is 19.8 Å². The predicted molar refractivity (Wildman–Crippen MR) is 105 cm³/mol. The highest BCUT2D eigenvalue weighted by Crippen LogP contribution is 2.13. The Morgan fingerprint density at radius 3 is 2.22 bits per heavy atom. The number of rotatable bonds is 10. The summed E-state index contributed by atoms with van der Waals surface area (Å²) in [5.41, 5.74) is 1.17. The average molecular weight is 464 g/mol. The summed E-state index contributed by atoms with van der Waals surface area (Å²) in [6.07, 6.45) is -3.15. The SMILES string of the molecule is C[C@H](NC(=O)c1ccc(C=NN)cc1)C(=O)NCCCOCC(=O)O.O=C(O)C(F)(F)F. The van der Waals surface area contributed by atoms with Crippen molar-refractivity contribution in [2.24, 2.45) is 10.9 Å². The van der Waals surface area contributed by atoms with Crippen LogP contribution in [0.25, 0.3) is 0 Å². The molecule has 0 spiro atoms. The van der Waals surface area contributed by atoms with Gasteiger partial charge >= 0.3 is 18.1 Å². The van der Waals surface area contributed by atoms with Crippen LogP contribution in [0.4, 0.5) is 13.2 Å². The van der Waals surface area contributed by atoms with Crippen LogP contribution >= 0.6 is 0 Å². The van der Waals surface area contributed by atoms with Crippen molar-refractivity contribution in [1.82, 2.24) is 10.6 Å². The molecule has 14 heteroatoms. The van der Waals surface area contributed by atoms with Crippen LogP contribution in [0.1, 0.15) is 29.3 Å². The zero-order valence-electron chi connectivity index (χ0n) is 16.9. The summed E-state index contributed by atoms with van der Waals surface area (Å²) in [5, 5.41) is 24.2. The van der Waals surface area contributed by atoms with Crippen LogP contribution in [-0.4, -0.2) is 72.2 Å². The van der Waals surface area contributed by atoms with E-state index in [1.54, 1.807) is 31.2 Å². The van der Waals surface area contributed by atoms with Gasteiger partial charge in [0, 0.05) is 18.7 Å². The minimum atomic E-state index is -5.08. The molecule has 1 aromatic carbocycles. The number of carbonyl (C=O) groups excluding carboxylic acids is 2. The van der Waals surface area contributed by atoms with Crippen LogP contribution in [0, 0.1) is 0 Å². The maximum atomic E-state index is 12.1. The number of carboxylic acids is 2. The topological polar surface area (TPSA) is 180 Å². The smallest absolute Gasteiger partial charge is 0.480 e. The number of ether oxygens (including phenoxy) is 1. The van der Waals surface area contributed by atoms with E-state index in [2.05, 4.69) is 15.7 Å². The summed E-state index contributed by atoms with van der Waals surface area (Å²) in [6, 6.07) is 5.88. The standard InChI is InChI=1S/C16H22N4O5.C2HF3O2/c1-11(15(23)18-7-2-8-25-10-14(21)22)20-16(24)13-5-3-12(4-6-13)9-19-17;3-2(4,5)1(6)7/h3-6,9,11H,2,7-8,10,17H2,1H3,(H,18,23)(H,20,24)(H,21,22);(H,6,7)/t11-;/m0./s1. The number of hydrogen-bond donors (Lipinski definition) is 5. The normalized spacial score (nSPS) is 11.8. The number of alkyl halides is 3. The number of hydrogen-bond acceptors (Lipinski definition) is 7. The maximum absolute atomic E-state index is 12.1. The zero-order chi connectivity index (χ0) is 24.7. The van der Waals surface area contributed by atoms with Crippen LogP contribution in [0.2, 0.25) is 0 Å². The van der Waals surface area contributed by atoms with E-state index in [0.29, 0.717) is 18.5 Å². The fourth-order valence-corrected chi connectivity index (χ4v) is 1.85. The van der Waals surface area contributed by atoms with Gasteiger partial charge in [0.15, 0.2) is 0 Å². The number of benzene rings is 1. The lowest BCUT2D eigenvalue weighted by molar-refractivity contribution is -0.192. The van der Waals surface area contributed by atoms with Crippen molar-refractivity contribution < 1.29 is 47.3 Å². The van der Waals surface area contributed by atoms with E-state index in [0.717, 1.165) is 5.56 Å². The van der Waals surface area contributed by atoms with Gasteiger partial charge in [0.25, 0.3) is 5.91 Å². The molecule has 0 aliphatic carbocycles. The summed E-state index contributed by atoms with van der Waals surface area (Å²) in [6.45, 7) is 1.76. The lowest BCUT2D eigenvalue weighted by Gasteiger charge is -2.14. The molecule has 0 aromatic heterocycles. The average Bonchev–Trinajstić information content (AvgIpc) is 2.70. The summed E-state index contributed by atoms with van der Waals surface area (Å²) in [4.78, 5) is 43.1. The van der Waals surface area contributed by atoms with Crippen molar-refractivity contribution in [3.05, 3.63) is 35.4 Å². The molecule has 1 rings (SSSR count). The first kappa shape index (κ1) is 28.3. The van der Waals surface area contributed by atoms with Gasteiger partial charge in [-0.15, -0.1) is 0 Å². The third-order valence-electron chi connectivity index (χ3n) is 3.37. The largest absolute Gasteiger partial charge is 0.490 e. The number of nitrogens with one attached hydrogen (secondary N) is 2. The third kappa shape index (κ3) is 12.8. The number of hydrazone groups is 1. The van der Waals surface area contributed by atoms with E-state index < -0.39 is 24.2 Å². The molecule has 0 saturated carbocycles. The number of aliphatic carboxylic acids is 2. The Hall–Kier alpha value is -3.68. The molecule has 0 saturated heterocycles. The van der Waals surface area contributed by atoms with E-state index in [1.165, 1.54) is 6.21 Å². The number of nitrogens with zero attached hydrogens (tertiary/aromatic N) is 1. The van der Waals surface area contributed by atoms with Crippen LogP contribution in [-0.2, 0) is 19.1 Å². The minimum absolute atomic E-state index is 0.228. The van der Waals surface area contributed by atoms with Crippen LogP contribution in [0.15, 0.2) is 29.4 Å². The highest BCUT2D eigenvalue weighted by atomic mass is 19.4. The molecule has 32 heavy (non-hydrogen) atoms. The van der Waals surface area contributed by atoms with Crippen molar-refractivity contribution >= 4 is 30.0 Å². The second-order valence-corrected chi connectivity index (χ2v) is 5.99. The zero-order valence-corrected chi connectivity index (χ0v) is 16.9. The van der Waals surface area contributed by atoms with Gasteiger partial charge in [-0.25, -0.2) is 9.59 Å². The van der Waals surface area contributed by atoms with E-state index in [9.17, 15) is 27.6 Å². The Morgan fingerprint density at radius 1 is 1.19 bits per heavy atom. The number of carboxylic acid groups (broad SMARTS) is 2. The molecular weight excluding hydrogens is 441 g/mol. The van der Waals surface area contributed by atoms with Crippen molar-refractivity contribution in [1.29, 1.82) is 0 Å². The predicted octanol–water partition coefficient (Wildman–Crippen LogP) is 0.338. The van der Waals surface area contributed by atoms with E-state index in [4.69, 9.17) is 25.6 Å². The molecule has 0 heterocycles. The fourth-order valence-electron chi connectivity index (χ4n) is 1.85. The summed E-state index contributed by atoms with van der Waals surface area (Å²) in [5.74, 6) is 0.548. The molecule has 0 bridgehead atoms. The highest BCUT2D eigenvalue weighted by molar-refractivity contribution is 5.98. The summed E-state index contributed by atoms with van der Waals surface area (Å²) in [7, 11) is 0. The summed E-state index contributed by atoms with van der Waals surface area (Å²) >= 11 is 0. The lowest BCUT2D eigenvalue weighted by Crippen LogP contribution is -2.45. The second kappa shape index (κ2) is 14.3. The molecule has 178 valence electrons. The van der Waals surface area contributed by atoms with Crippen molar-refractivity contribution in [3.63, 3.8) is 0 Å². The Balaban J connectivity index is 0.00000118. The molecule has 0 radical (unpaired) electrons. The van der Waals surface area contributed by atoms with Crippen molar-refractivity contribution in [3.8, 4) is 0 Å². The van der Waals surface area contributed by atoms with Gasteiger partial charge in [-0.05, 0) is 31.0 Å². The Labute approximate surface area is 180 Å². The van der Waals surface area contributed by atoms with Crippen molar-refractivity contribution in [2.45, 2.75) is 25.6 Å². The van der Waals surface area contributed by atoms with E-state index in [1.807, 2.05) is 0 Å². The van der Waals surface area contributed by atoms with Gasteiger partial charge < -0.3 is 31.4 Å². The molecular formula is C18H23F3N4O7. The van der Waals surface area contributed by atoms with Gasteiger partial charge in [0.1, 0.15) is 12.6 Å². The number of carbonyl (C=O) groups is 4. The molecule has 1 atom stereocenters. The second-order valence-electron chi connectivity index (χ2n) is 5.99. The first-order chi connectivity index (χ1) is 14.9. The summed E-state index contributed by atoms with van der Waals surface area (Å²) < 4.78 is 36.6. The van der Waals surface area contributed by atoms with E-state index >= 15 is 0 Å². The van der Waals surface area contributed by atoms with Crippen LogP contribution in [0.3, 0.4) is 0 Å². The van der Waals surface area contributed by atoms with Gasteiger partial charge in [0.05, 0.1) is 6.21 Å². The molecule has 0 aliphatic rings. The number of amides is 2. The highest BCUT2D eigenvalue weighted by Gasteiger charge is 2.38. The maximum Gasteiger partial charge on any atom is 0.490 e. The van der Waals surface area contributed by atoms with Gasteiger partial charge in [-0.3, -0.25) is 9.59 Å². The Morgan fingerprint density at radius 2 is 1.75 bits per heavy atom. The van der Waals surface area contributed by atoms with Gasteiger partial charge in [-0.1, -0.05) is 12.1 Å². The van der Waals surface area contributed by atoms with Gasteiger partial charge in [-0.2, -0.15) is 18.3 Å². The Kier molecular flexibility index (Phi) is 12.7. The van der Waals surface area contributed by atoms with Crippen LogP contribution < -0.4 is 16.5 Å². The lowest BCUT2D eigenvalue weighted by atomic mass is 10.1. The number of halogens is 3. The molecule has 6 N–H and O–H groups in total. The molecule has 2 amide bonds. The first-order valence-electron chi connectivity index (χ1n) is 8.90. The quantitative estimate of drug-likeness (QED) is 0.142. The number of nitrogens with two attached hydrogens (primary N) is 1.